The van der Waals surface area contributed by atoms with Crippen LogP contribution < -0.4 is 16.0 Å². The molecule has 5 rings (SSSR count). The Morgan fingerprint density at radius 3 is 2.51 bits per heavy atom. The topological polar surface area (TPSA) is 211 Å². The second kappa shape index (κ2) is 11.9. The number of H-pyrrole nitrogens is 1. The Hall–Kier alpha value is -3.95. The second-order valence-corrected chi connectivity index (χ2v) is 10.9. The zero-order valence-corrected chi connectivity index (χ0v) is 22.1. The SMILES string of the molecule is O=c1ccn([C@@H]2O[C@H](COCc3cn(C(c4cccc(Oc5ccccc5)c4)P(=O)(O)O)nn3)[C@@H](O)[C@H]2O)c(=O)[nH]1. The summed E-state index contributed by atoms with van der Waals surface area (Å²) in [5.41, 5.74) is -0.976. The molecular formula is C25H26N5O10P. The predicted molar refractivity (Wildman–Crippen MR) is 140 cm³/mol. The van der Waals surface area contributed by atoms with E-state index in [4.69, 9.17) is 14.2 Å². The van der Waals surface area contributed by atoms with Crippen molar-refractivity contribution >= 4 is 7.60 Å². The Balaban J connectivity index is 1.25. The van der Waals surface area contributed by atoms with Gasteiger partial charge in [0.05, 0.1) is 19.4 Å². The van der Waals surface area contributed by atoms with Gasteiger partial charge in [-0.3, -0.25) is 18.9 Å². The fourth-order valence-electron chi connectivity index (χ4n) is 4.37. The molecule has 41 heavy (non-hydrogen) atoms. The van der Waals surface area contributed by atoms with Gasteiger partial charge in [0.1, 0.15) is 35.5 Å². The summed E-state index contributed by atoms with van der Waals surface area (Å²) in [7, 11) is -4.78. The third kappa shape index (κ3) is 6.52. The minimum absolute atomic E-state index is 0.170. The first kappa shape index (κ1) is 28.6. The monoisotopic (exact) mass is 587 g/mol. The first-order valence-corrected chi connectivity index (χ1v) is 14.0. The summed E-state index contributed by atoms with van der Waals surface area (Å²) in [6.07, 6.45) is -2.70. The third-order valence-corrected chi connectivity index (χ3v) is 7.43. The number of aromatic nitrogens is 5. The van der Waals surface area contributed by atoms with Crippen LogP contribution in [-0.2, 0) is 20.6 Å². The maximum Gasteiger partial charge on any atom is 0.354 e. The molecular weight excluding hydrogens is 561 g/mol. The summed E-state index contributed by atoms with van der Waals surface area (Å²) in [6.45, 7) is -0.391. The van der Waals surface area contributed by atoms with Crippen LogP contribution in [0.15, 0.2) is 82.6 Å². The lowest BCUT2D eigenvalue weighted by Gasteiger charge is -2.19. The second-order valence-electron chi connectivity index (χ2n) is 9.22. The highest BCUT2D eigenvalue weighted by Gasteiger charge is 2.44. The van der Waals surface area contributed by atoms with Gasteiger partial charge < -0.3 is 34.2 Å². The number of nitrogens with zero attached hydrogens (tertiary/aromatic N) is 4. The smallest absolute Gasteiger partial charge is 0.354 e. The van der Waals surface area contributed by atoms with Gasteiger partial charge in [-0.05, 0) is 29.8 Å². The maximum absolute atomic E-state index is 12.5. The first-order chi connectivity index (χ1) is 19.6. The largest absolute Gasteiger partial charge is 0.457 e. The third-order valence-electron chi connectivity index (χ3n) is 6.26. The minimum Gasteiger partial charge on any atom is -0.457 e. The van der Waals surface area contributed by atoms with Crippen molar-refractivity contribution in [1.29, 1.82) is 0 Å². The number of aliphatic hydroxyl groups excluding tert-OH is 2. The van der Waals surface area contributed by atoms with E-state index in [0.717, 1.165) is 21.5 Å². The van der Waals surface area contributed by atoms with E-state index in [0.29, 0.717) is 11.5 Å². The molecule has 1 aliphatic rings. The van der Waals surface area contributed by atoms with Crippen molar-refractivity contribution < 1.29 is 38.8 Å². The van der Waals surface area contributed by atoms with Crippen molar-refractivity contribution in [3.8, 4) is 11.5 Å². The van der Waals surface area contributed by atoms with Crippen LogP contribution >= 0.6 is 7.60 Å². The van der Waals surface area contributed by atoms with Crippen LogP contribution in [0, 0.1) is 0 Å². The van der Waals surface area contributed by atoms with E-state index in [2.05, 4.69) is 10.3 Å². The Morgan fingerprint density at radius 1 is 1.02 bits per heavy atom. The number of ether oxygens (including phenoxy) is 3. The molecule has 1 aliphatic heterocycles. The lowest BCUT2D eigenvalue weighted by molar-refractivity contribution is -0.0714. The van der Waals surface area contributed by atoms with E-state index in [1.165, 1.54) is 18.3 Å². The molecule has 1 saturated heterocycles. The van der Waals surface area contributed by atoms with E-state index in [1.807, 2.05) is 11.1 Å². The first-order valence-electron chi connectivity index (χ1n) is 12.3. The quantitative estimate of drug-likeness (QED) is 0.160. The number of aromatic amines is 1. The molecule has 2 aromatic heterocycles. The van der Waals surface area contributed by atoms with Gasteiger partial charge in [0.15, 0.2) is 12.0 Å². The van der Waals surface area contributed by atoms with Crippen LogP contribution in [0.2, 0.25) is 0 Å². The highest BCUT2D eigenvalue weighted by atomic mass is 31.2. The maximum atomic E-state index is 12.5. The van der Waals surface area contributed by atoms with Gasteiger partial charge >= 0.3 is 13.3 Å². The summed E-state index contributed by atoms with van der Waals surface area (Å²) >= 11 is 0. The summed E-state index contributed by atoms with van der Waals surface area (Å²) in [6, 6.07) is 16.3. The Bertz CT molecular complexity index is 1650. The Labute approximate surface area is 231 Å². The molecule has 216 valence electrons. The van der Waals surface area contributed by atoms with Gasteiger partial charge in [-0.15, -0.1) is 5.10 Å². The molecule has 16 heteroatoms. The highest BCUT2D eigenvalue weighted by Crippen LogP contribution is 2.52. The summed E-state index contributed by atoms with van der Waals surface area (Å²) in [4.78, 5) is 45.7. The van der Waals surface area contributed by atoms with E-state index < -0.39 is 49.2 Å². The molecule has 1 fully saturated rings. The zero-order valence-electron chi connectivity index (χ0n) is 21.2. The van der Waals surface area contributed by atoms with Crippen molar-refractivity contribution in [2.45, 2.75) is 36.9 Å². The molecule has 0 aliphatic carbocycles. The van der Waals surface area contributed by atoms with E-state index >= 15 is 0 Å². The molecule has 5 N–H and O–H groups in total. The van der Waals surface area contributed by atoms with E-state index in [-0.39, 0.29) is 24.5 Å². The van der Waals surface area contributed by atoms with E-state index in [1.54, 1.807) is 36.4 Å². The van der Waals surface area contributed by atoms with Crippen LogP contribution in [-0.4, -0.2) is 69.5 Å². The van der Waals surface area contributed by atoms with Gasteiger partial charge in [0.2, 0.25) is 0 Å². The van der Waals surface area contributed by atoms with Gasteiger partial charge in [-0.2, -0.15) is 0 Å². The average Bonchev–Trinajstić information content (AvgIpc) is 3.49. The van der Waals surface area contributed by atoms with Crippen LogP contribution in [0.1, 0.15) is 23.3 Å². The lowest BCUT2D eigenvalue weighted by atomic mass is 10.1. The molecule has 0 bridgehead atoms. The number of rotatable bonds is 10. The van der Waals surface area contributed by atoms with Gasteiger partial charge in [0, 0.05) is 12.3 Å². The summed E-state index contributed by atoms with van der Waals surface area (Å²) < 4.78 is 31.4. The van der Waals surface area contributed by atoms with Crippen molar-refractivity contribution in [3.63, 3.8) is 0 Å². The molecule has 0 amide bonds. The fourth-order valence-corrected chi connectivity index (χ4v) is 5.34. The normalized spacial score (nSPS) is 21.6. The number of aliphatic hydroxyl groups is 2. The number of para-hydroxylation sites is 1. The lowest BCUT2D eigenvalue weighted by Crippen LogP contribution is -2.37. The molecule has 3 heterocycles. The number of benzene rings is 2. The van der Waals surface area contributed by atoms with Gasteiger partial charge in [0.25, 0.3) is 5.56 Å². The average molecular weight is 587 g/mol. The number of hydrogen-bond acceptors (Lipinski definition) is 10. The Morgan fingerprint density at radius 2 is 1.78 bits per heavy atom. The molecule has 0 spiro atoms. The van der Waals surface area contributed by atoms with E-state index in [9.17, 15) is 34.2 Å². The van der Waals surface area contributed by atoms with Crippen LogP contribution in [0.4, 0.5) is 0 Å². The highest BCUT2D eigenvalue weighted by molar-refractivity contribution is 7.52. The number of nitrogens with one attached hydrogen (secondary N) is 1. The summed E-state index contributed by atoms with van der Waals surface area (Å²) in [5, 5.41) is 28.5. The van der Waals surface area contributed by atoms with Crippen molar-refractivity contribution in [1.82, 2.24) is 24.5 Å². The summed E-state index contributed by atoms with van der Waals surface area (Å²) in [5.74, 6) is -0.566. The van der Waals surface area contributed by atoms with Crippen LogP contribution in [0.5, 0.6) is 11.5 Å². The molecule has 15 nitrogen and oxygen atoms in total. The van der Waals surface area contributed by atoms with Crippen molar-refractivity contribution in [2.75, 3.05) is 6.61 Å². The van der Waals surface area contributed by atoms with Gasteiger partial charge in [-0.1, -0.05) is 35.5 Å². The van der Waals surface area contributed by atoms with Crippen molar-refractivity contribution in [2.24, 2.45) is 0 Å². The molecule has 0 radical (unpaired) electrons. The predicted octanol–water partition coefficient (Wildman–Crippen LogP) is 0.481. The van der Waals surface area contributed by atoms with Crippen LogP contribution in [0.25, 0.3) is 0 Å². The molecule has 5 atom stereocenters. The molecule has 4 aromatic rings. The molecule has 2 aromatic carbocycles. The molecule has 0 saturated carbocycles. The molecule has 1 unspecified atom stereocenters. The Kier molecular flexibility index (Phi) is 8.28. The fraction of sp³-hybridized carbons (Fsp3) is 0.280. The van der Waals surface area contributed by atoms with Gasteiger partial charge in [-0.25, -0.2) is 9.48 Å². The minimum atomic E-state index is -4.78. The number of hydrogen-bond donors (Lipinski definition) is 5. The van der Waals surface area contributed by atoms with Crippen molar-refractivity contribution in [3.05, 3.63) is 105 Å². The van der Waals surface area contributed by atoms with Crippen LogP contribution in [0.3, 0.4) is 0 Å². The zero-order chi connectivity index (χ0) is 29.1. The standard InChI is InChI=1S/C25H26N5O10P/c31-20-9-10-29(25(34)26-20)23-22(33)21(32)19(40-23)14-38-13-16-12-30(28-27-16)24(41(35,36)37)15-5-4-8-18(11-15)39-17-6-2-1-3-7-17/h1-12,19,21-24,32-33H,13-14H2,(H,26,31,34)(H2,35,36,37)/t19-,21-,22-,23-,24?/m1/s1.